The van der Waals surface area contributed by atoms with Gasteiger partial charge in [0.15, 0.2) is 0 Å². The number of ether oxygens (including phenoxy) is 2. The van der Waals surface area contributed by atoms with Gasteiger partial charge in [-0.15, -0.1) is 0 Å². The number of carbonyl (C=O) groups is 1. The van der Waals surface area contributed by atoms with Gasteiger partial charge in [0.25, 0.3) is 0 Å². The van der Waals surface area contributed by atoms with Crippen molar-refractivity contribution in [2.45, 2.75) is 20.3 Å². The summed E-state index contributed by atoms with van der Waals surface area (Å²) in [6.07, 6.45) is 0.937. The number of benzene rings is 2. The van der Waals surface area contributed by atoms with Gasteiger partial charge in [-0.3, -0.25) is 0 Å². The van der Waals surface area contributed by atoms with Crippen LogP contribution in [0.3, 0.4) is 0 Å². The van der Waals surface area contributed by atoms with Crippen LogP contribution in [0, 0.1) is 6.92 Å². The van der Waals surface area contributed by atoms with Gasteiger partial charge < -0.3 is 13.9 Å². The molecule has 1 aromatic heterocycles. The van der Waals surface area contributed by atoms with Crippen molar-refractivity contribution in [2.24, 2.45) is 0 Å². The summed E-state index contributed by atoms with van der Waals surface area (Å²) in [5.41, 5.74) is 2.62. The van der Waals surface area contributed by atoms with E-state index in [1.54, 1.807) is 43.5 Å². The Morgan fingerprint density at radius 3 is 2.20 bits per heavy atom. The molecule has 128 valence electrons. The van der Waals surface area contributed by atoms with Crippen molar-refractivity contribution in [2.75, 3.05) is 7.11 Å². The molecule has 3 aromatic rings. The Labute approximate surface area is 147 Å². The van der Waals surface area contributed by atoms with Gasteiger partial charge in [-0.25, -0.2) is 4.79 Å². The van der Waals surface area contributed by atoms with Gasteiger partial charge in [-0.05, 0) is 73.5 Å². The summed E-state index contributed by atoms with van der Waals surface area (Å²) in [4.78, 5) is 12.2. The van der Waals surface area contributed by atoms with E-state index in [9.17, 15) is 4.79 Å². The first kappa shape index (κ1) is 16.8. The van der Waals surface area contributed by atoms with Crippen molar-refractivity contribution in [3.63, 3.8) is 0 Å². The summed E-state index contributed by atoms with van der Waals surface area (Å²) in [6, 6.07) is 16.1. The predicted octanol–water partition coefficient (Wildman–Crippen LogP) is 5.05. The molecule has 0 saturated heterocycles. The van der Waals surface area contributed by atoms with Crippen LogP contribution in [-0.4, -0.2) is 13.1 Å². The minimum Gasteiger partial charge on any atom is -0.497 e. The summed E-state index contributed by atoms with van der Waals surface area (Å²) in [5.74, 6) is 2.54. The first-order valence-corrected chi connectivity index (χ1v) is 8.16. The van der Waals surface area contributed by atoms with Crippen LogP contribution in [0.15, 0.2) is 59.0 Å². The van der Waals surface area contributed by atoms with E-state index in [1.807, 2.05) is 25.1 Å². The fraction of sp³-hybridized carbons (Fsp3) is 0.190. The molecule has 0 bridgehead atoms. The largest absolute Gasteiger partial charge is 0.497 e. The number of carbonyl (C=O) groups excluding carboxylic acids is 1. The van der Waals surface area contributed by atoms with E-state index in [0.717, 1.165) is 23.5 Å². The van der Waals surface area contributed by atoms with E-state index in [2.05, 4.69) is 6.92 Å². The third-order valence-corrected chi connectivity index (χ3v) is 4.08. The van der Waals surface area contributed by atoms with Crippen LogP contribution in [0.5, 0.6) is 11.5 Å². The summed E-state index contributed by atoms with van der Waals surface area (Å²) < 4.78 is 16.3. The first-order valence-electron chi connectivity index (χ1n) is 8.16. The van der Waals surface area contributed by atoms with Gasteiger partial charge in [-0.1, -0.05) is 6.92 Å². The number of hydrogen-bond donors (Lipinski definition) is 0. The molecule has 0 aliphatic heterocycles. The Balaban J connectivity index is 1.72. The number of esters is 1. The molecule has 3 rings (SSSR count). The first-order chi connectivity index (χ1) is 12.1. The predicted molar refractivity (Wildman–Crippen MR) is 96.2 cm³/mol. The molecule has 2 aromatic carbocycles. The Morgan fingerprint density at radius 1 is 1.00 bits per heavy atom. The molecular weight excluding hydrogens is 316 g/mol. The van der Waals surface area contributed by atoms with E-state index >= 15 is 0 Å². The smallest absolute Gasteiger partial charge is 0.343 e. The van der Waals surface area contributed by atoms with E-state index in [0.29, 0.717) is 17.1 Å². The molecule has 4 heteroatoms. The normalized spacial score (nSPS) is 10.5. The number of furan rings is 1. The average Bonchev–Trinajstić information content (AvgIpc) is 3.03. The molecule has 4 nitrogen and oxygen atoms in total. The second kappa shape index (κ2) is 7.26. The Kier molecular flexibility index (Phi) is 4.89. The third-order valence-electron chi connectivity index (χ3n) is 4.08. The standard InChI is InChI=1S/C21H20O4/c1-4-15-13-20(24-14(15)2)16-5-11-19(12-6-16)25-21(22)17-7-9-18(23-3)10-8-17/h5-13H,4H2,1-3H3. The lowest BCUT2D eigenvalue weighted by Crippen LogP contribution is -2.08. The second-order valence-corrected chi connectivity index (χ2v) is 5.69. The fourth-order valence-corrected chi connectivity index (χ4v) is 2.59. The van der Waals surface area contributed by atoms with Gasteiger partial charge in [0.1, 0.15) is 23.0 Å². The fourth-order valence-electron chi connectivity index (χ4n) is 2.59. The van der Waals surface area contributed by atoms with E-state index in [-0.39, 0.29) is 0 Å². The van der Waals surface area contributed by atoms with E-state index in [4.69, 9.17) is 13.9 Å². The highest BCUT2D eigenvalue weighted by molar-refractivity contribution is 5.91. The third kappa shape index (κ3) is 3.74. The molecule has 0 atom stereocenters. The van der Waals surface area contributed by atoms with Crippen LogP contribution in [0.25, 0.3) is 11.3 Å². The lowest BCUT2D eigenvalue weighted by Gasteiger charge is -2.06. The van der Waals surface area contributed by atoms with Crippen LogP contribution in [0.1, 0.15) is 28.6 Å². The minimum absolute atomic E-state index is 0.405. The van der Waals surface area contributed by atoms with Gasteiger partial charge in [0.05, 0.1) is 12.7 Å². The van der Waals surface area contributed by atoms with E-state index < -0.39 is 5.97 Å². The maximum Gasteiger partial charge on any atom is 0.343 e. The van der Waals surface area contributed by atoms with Crippen LogP contribution in [0.2, 0.25) is 0 Å². The van der Waals surface area contributed by atoms with Crippen LogP contribution < -0.4 is 9.47 Å². The lowest BCUT2D eigenvalue weighted by molar-refractivity contribution is 0.0735. The van der Waals surface area contributed by atoms with Gasteiger partial charge in [-0.2, -0.15) is 0 Å². The zero-order valence-corrected chi connectivity index (χ0v) is 14.5. The summed E-state index contributed by atoms with van der Waals surface area (Å²) >= 11 is 0. The van der Waals surface area contributed by atoms with Gasteiger partial charge in [0, 0.05) is 5.56 Å². The zero-order chi connectivity index (χ0) is 17.8. The molecule has 0 amide bonds. The Bertz CT molecular complexity index is 858. The molecule has 0 N–H and O–H groups in total. The number of aryl methyl sites for hydroxylation is 2. The van der Waals surface area contributed by atoms with Gasteiger partial charge in [0.2, 0.25) is 0 Å². The number of rotatable bonds is 5. The quantitative estimate of drug-likeness (QED) is 0.483. The SMILES string of the molecule is CCc1cc(-c2ccc(OC(=O)c3ccc(OC)cc3)cc2)oc1C. The van der Waals surface area contributed by atoms with Crippen molar-refractivity contribution >= 4 is 5.97 Å². The molecule has 1 heterocycles. The molecule has 0 saturated carbocycles. The molecule has 0 aliphatic carbocycles. The highest BCUT2D eigenvalue weighted by Crippen LogP contribution is 2.27. The Hall–Kier alpha value is -3.01. The van der Waals surface area contributed by atoms with Crippen molar-refractivity contribution < 1.29 is 18.7 Å². The molecular formula is C21H20O4. The van der Waals surface area contributed by atoms with Crippen molar-refractivity contribution in [1.29, 1.82) is 0 Å². The number of methoxy groups -OCH3 is 1. The summed E-state index contributed by atoms with van der Waals surface area (Å²) in [5, 5.41) is 0. The van der Waals surface area contributed by atoms with Crippen LogP contribution >= 0.6 is 0 Å². The second-order valence-electron chi connectivity index (χ2n) is 5.69. The maximum atomic E-state index is 12.2. The highest BCUT2D eigenvalue weighted by Gasteiger charge is 2.11. The molecule has 0 aliphatic rings. The van der Waals surface area contributed by atoms with Gasteiger partial charge >= 0.3 is 5.97 Å². The lowest BCUT2D eigenvalue weighted by atomic mass is 10.1. The van der Waals surface area contributed by atoms with Crippen molar-refractivity contribution in [3.8, 4) is 22.8 Å². The van der Waals surface area contributed by atoms with Crippen LogP contribution in [0.4, 0.5) is 0 Å². The Morgan fingerprint density at radius 2 is 1.64 bits per heavy atom. The van der Waals surface area contributed by atoms with Crippen molar-refractivity contribution in [3.05, 3.63) is 71.5 Å². The zero-order valence-electron chi connectivity index (χ0n) is 14.5. The average molecular weight is 336 g/mol. The van der Waals surface area contributed by atoms with E-state index in [1.165, 1.54) is 5.56 Å². The summed E-state index contributed by atoms with van der Waals surface area (Å²) in [7, 11) is 1.58. The maximum absolute atomic E-state index is 12.2. The number of hydrogen-bond acceptors (Lipinski definition) is 4. The van der Waals surface area contributed by atoms with Crippen molar-refractivity contribution in [1.82, 2.24) is 0 Å². The summed E-state index contributed by atoms with van der Waals surface area (Å²) in [6.45, 7) is 4.07. The van der Waals surface area contributed by atoms with Crippen LogP contribution in [-0.2, 0) is 6.42 Å². The molecule has 0 fully saturated rings. The molecule has 25 heavy (non-hydrogen) atoms. The monoisotopic (exact) mass is 336 g/mol. The molecule has 0 unspecified atom stereocenters. The topological polar surface area (TPSA) is 48.7 Å². The molecule has 0 radical (unpaired) electrons. The highest BCUT2D eigenvalue weighted by atomic mass is 16.5. The molecule has 0 spiro atoms. The minimum atomic E-state index is -0.405.